The summed E-state index contributed by atoms with van der Waals surface area (Å²) in [6.07, 6.45) is 0. The molecule has 1 aromatic heterocycles. The van der Waals surface area contributed by atoms with Crippen LogP contribution >= 0.6 is 0 Å². The predicted molar refractivity (Wildman–Crippen MR) is 91.7 cm³/mol. The summed E-state index contributed by atoms with van der Waals surface area (Å²) in [5.41, 5.74) is 2.62. The van der Waals surface area contributed by atoms with Gasteiger partial charge in [0.2, 0.25) is 0 Å². The number of hydrogen-bond donors (Lipinski definition) is 1. The fraction of sp³-hybridized carbons (Fsp3) is 0.294. The lowest BCUT2D eigenvalue weighted by Crippen LogP contribution is -2.33. The Kier molecular flexibility index (Phi) is 5.05. The molecule has 2 amide bonds. The first kappa shape index (κ1) is 16.6. The number of anilines is 1. The van der Waals surface area contributed by atoms with Gasteiger partial charge in [0.25, 0.3) is 0 Å². The van der Waals surface area contributed by atoms with Crippen molar-refractivity contribution in [1.29, 1.82) is 0 Å². The molecule has 6 nitrogen and oxygen atoms in total. The van der Waals surface area contributed by atoms with E-state index in [4.69, 9.17) is 4.74 Å². The van der Waals surface area contributed by atoms with Crippen LogP contribution in [-0.2, 0) is 7.05 Å². The van der Waals surface area contributed by atoms with Crippen LogP contribution in [0.15, 0.2) is 42.5 Å². The molecule has 0 spiro atoms. The average Bonchev–Trinajstić information content (AvgIpc) is 2.87. The fourth-order valence-corrected chi connectivity index (χ4v) is 2.19. The summed E-state index contributed by atoms with van der Waals surface area (Å²) in [4.78, 5) is 13.7. The smallest absolute Gasteiger partial charge is 0.323 e. The minimum Gasteiger partial charge on any atom is -0.497 e. The molecule has 0 aliphatic heterocycles. The lowest BCUT2D eigenvalue weighted by atomic mass is 10.1. The summed E-state index contributed by atoms with van der Waals surface area (Å²) in [5, 5.41) is 7.29. The molecule has 0 bridgehead atoms. The number of likely N-dealkylation sites (N-methyl/N-ethyl adjacent to an activating group) is 1. The molecule has 2 rings (SSSR count). The SMILES string of the molecule is C=C(C)CN(C)C(=O)Nc1cc(-c2cccc(OC)c2)nn1C. The number of aryl methyl sites for hydroxylation is 1. The van der Waals surface area contributed by atoms with Crippen molar-refractivity contribution in [2.75, 3.05) is 26.0 Å². The van der Waals surface area contributed by atoms with Gasteiger partial charge in [-0.25, -0.2) is 4.79 Å². The molecule has 0 aliphatic carbocycles. The van der Waals surface area contributed by atoms with E-state index in [0.717, 1.165) is 22.6 Å². The van der Waals surface area contributed by atoms with Crippen LogP contribution in [-0.4, -0.2) is 41.4 Å². The zero-order valence-corrected chi connectivity index (χ0v) is 14.0. The molecule has 0 atom stereocenters. The molecule has 1 heterocycles. The molecule has 0 saturated carbocycles. The number of urea groups is 1. The number of methoxy groups -OCH3 is 1. The lowest BCUT2D eigenvalue weighted by molar-refractivity contribution is 0.225. The summed E-state index contributed by atoms with van der Waals surface area (Å²) >= 11 is 0. The number of nitrogens with zero attached hydrogens (tertiary/aromatic N) is 3. The van der Waals surface area contributed by atoms with E-state index in [9.17, 15) is 4.79 Å². The number of hydrogen-bond acceptors (Lipinski definition) is 3. The predicted octanol–water partition coefficient (Wildman–Crippen LogP) is 3.14. The molecule has 122 valence electrons. The molecule has 0 fully saturated rings. The molecule has 0 saturated heterocycles. The number of aromatic nitrogens is 2. The van der Waals surface area contributed by atoms with E-state index < -0.39 is 0 Å². The van der Waals surface area contributed by atoms with Crippen molar-refractivity contribution >= 4 is 11.8 Å². The minimum absolute atomic E-state index is 0.201. The third kappa shape index (κ3) is 4.12. The van der Waals surface area contributed by atoms with E-state index in [1.807, 2.05) is 37.3 Å². The van der Waals surface area contributed by atoms with E-state index in [1.165, 1.54) is 0 Å². The first-order valence-electron chi connectivity index (χ1n) is 7.25. The number of carbonyl (C=O) groups is 1. The molecular weight excluding hydrogens is 292 g/mol. The maximum absolute atomic E-state index is 12.2. The number of carbonyl (C=O) groups excluding carboxylic acids is 1. The van der Waals surface area contributed by atoms with Crippen molar-refractivity contribution in [3.8, 4) is 17.0 Å². The van der Waals surface area contributed by atoms with Gasteiger partial charge in [-0.2, -0.15) is 5.10 Å². The Bertz CT molecular complexity index is 721. The fourth-order valence-electron chi connectivity index (χ4n) is 2.19. The van der Waals surface area contributed by atoms with Crippen LogP contribution < -0.4 is 10.1 Å². The Balaban J connectivity index is 2.17. The van der Waals surface area contributed by atoms with Crippen LogP contribution in [0.5, 0.6) is 5.75 Å². The number of nitrogens with one attached hydrogen (secondary N) is 1. The van der Waals surface area contributed by atoms with E-state index in [-0.39, 0.29) is 6.03 Å². The Labute approximate surface area is 136 Å². The molecule has 6 heteroatoms. The van der Waals surface area contributed by atoms with Crippen LogP contribution in [0.25, 0.3) is 11.3 Å². The van der Waals surface area contributed by atoms with Gasteiger partial charge in [-0.05, 0) is 19.1 Å². The van der Waals surface area contributed by atoms with Crippen molar-refractivity contribution in [3.05, 3.63) is 42.5 Å². The quantitative estimate of drug-likeness (QED) is 0.863. The van der Waals surface area contributed by atoms with E-state index in [1.54, 1.807) is 30.8 Å². The second-order valence-electron chi connectivity index (χ2n) is 5.51. The standard InChI is InChI=1S/C17H22N4O2/c1-12(2)11-20(3)17(22)18-16-10-15(19-21(16)4)13-7-6-8-14(9-13)23-5/h6-10H,1,11H2,2-5H3,(H,18,22). The van der Waals surface area contributed by atoms with Gasteiger partial charge < -0.3 is 9.64 Å². The number of ether oxygens (including phenoxy) is 1. The summed E-state index contributed by atoms with van der Waals surface area (Å²) < 4.78 is 6.87. The van der Waals surface area contributed by atoms with Gasteiger partial charge in [0.15, 0.2) is 0 Å². The second-order valence-corrected chi connectivity index (χ2v) is 5.51. The number of rotatable bonds is 5. The molecule has 1 N–H and O–H groups in total. The minimum atomic E-state index is -0.201. The number of benzene rings is 1. The van der Waals surface area contributed by atoms with Crippen LogP contribution in [0, 0.1) is 0 Å². The molecule has 1 aromatic carbocycles. The largest absolute Gasteiger partial charge is 0.497 e. The lowest BCUT2D eigenvalue weighted by Gasteiger charge is -2.17. The molecule has 0 aliphatic rings. The summed E-state index contributed by atoms with van der Waals surface area (Å²) in [7, 11) is 5.14. The van der Waals surface area contributed by atoms with Crippen LogP contribution in [0.1, 0.15) is 6.92 Å². The Hall–Kier alpha value is -2.76. The zero-order chi connectivity index (χ0) is 17.0. The summed E-state index contributed by atoms with van der Waals surface area (Å²) in [5.74, 6) is 1.39. The number of amides is 2. The molecular formula is C17H22N4O2. The van der Waals surface area contributed by atoms with Gasteiger partial charge in [-0.3, -0.25) is 10.00 Å². The maximum atomic E-state index is 12.2. The molecule has 2 aromatic rings. The summed E-state index contributed by atoms with van der Waals surface area (Å²) in [6.45, 7) is 6.20. The van der Waals surface area contributed by atoms with Gasteiger partial charge in [-0.15, -0.1) is 0 Å². The van der Waals surface area contributed by atoms with Gasteiger partial charge >= 0.3 is 6.03 Å². The Morgan fingerprint density at radius 3 is 2.83 bits per heavy atom. The van der Waals surface area contributed by atoms with Gasteiger partial charge in [0.1, 0.15) is 11.6 Å². The third-order valence-corrected chi connectivity index (χ3v) is 3.33. The highest BCUT2D eigenvalue weighted by molar-refractivity contribution is 5.89. The van der Waals surface area contributed by atoms with Gasteiger partial charge in [-0.1, -0.05) is 24.3 Å². The molecule has 0 unspecified atom stereocenters. The molecule has 0 radical (unpaired) electrons. The van der Waals surface area contributed by atoms with Crippen molar-refractivity contribution in [1.82, 2.24) is 14.7 Å². The molecule has 23 heavy (non-hydrogen) atoms. The van der Waals surface area contributed by atoms with E-state index in [2.05, 4.69) is 17.0 Å². The maximum Gasteiger partial charge on any atom is 0.323 e. The van der Waals surface area contributed by atoms with Crippen LogP contribution in [0.3, 0.4) is 0 Å². The van der Waals surface area contributed by atoms with Crippen molar-refractivity contribution < 1.29 is 9.53 Å². The van der Waals surface area contributed by atoms with Crippen molar-refractivity contribution in [2.45, 2.75) is 6.92 Å². The first-order chi connectivity index (χ1) is 10.9. The van der Waals surface area contributed by atoms with E-state index in [0.29, 0.717) is 12.4 Å². The van der Waals surface area contributed by atoms with Gasteiger partial charge in [0, 0.05) is 32.3 Å². The second kappa shape index (κ2) is 7.00. The van der Waals surface area contributed by atoms with Crippen LogP contribution in [0.2, 0.25) is 0 Å². The van der Waals surface area contributed by atoms with E-state index >= 15 is 0 Å². The summed E-state index contributed by atoms with van der Waals surface area (Å²) in [6, 6.07) is 9.27. The third-order valence-electron chi connectivity index (χ3n) is 3.33. The van der Waals surface area contributed by atoms with Crippen molar-refractivity contribution in [2.24, 2.45) is 7.05 Å². The zero-order valence-electron chi connectivity index (χ0n) is 14.0. The van der Waals surface area contributed by atoms with Crippen LogP contribution in [0.4, 0.5) is 10.6 Å². The highest BCUT2D eigenvalue weighted by Gasteiger charge is 2.13. The highest BCUT2D eigenvalue weighted by Crippen LogP contribution is 2.25. The Morgan fingerprint density at radius 1 is 1.43 bits per heavy atom. The topological polar surface area (TPSA) is 59.4 Å². The normalized spacial score (nSPS) is 10.3. The monoisotopic (exact) mass is 314 g/mol. The first-order valence-corrected chi connectivity index (χ1v) is 7.25. The highest BCUT2D eigenvalue weighted by atomic mass is 16.5. The average molecular weight is 314 g/mol. The Morgan fingerprint density at radius 2 is 2.17 bits per heavy atom. The van der Waals surface area contributed by atoms with Crippen molar-refractivity contribution in [3.63, 3.8) is 0 Å². The van der Waals surface area contributed by atoms with Gasteiger partial charge in [0.05, 0.1) is 12.8 Å².